The van der Waals surface area contributed by atoms with Gasteiger partial charge in [-0.1, -0.05) is 24.8 Å². The number of nitrogens with zero attached hydrogens (tertiary/aromatic N) is 1. The molecule has 0 aromatic heterocycles. The third kappa shape index (κ3) is 6.61. The van der Waals surface area contributed by atoms with Crippen molar-refractivity contribution in [2.75, 3.05) is 19.7 Å². The Labute approximate surface area is 121 Å². The molecule has 1 aromatic carbocycles. The fourth-order valence-corrected chi connectivity index (χ4v) is 1.75. The lowest BCUT2D eigenvalue weighted by atomic mass is 10.1. The fourth-order valence-electron chi connectivity index (χ4n) is 1.75. The van der Waals surface area contributed by atoms with Gasteiger partial charge in [0.15, 0.2) is 0 Å². The molecule has 2 nitrogen and oxygen atoms in total. The number of aliphatic hydroxyl groups excluding tert-OH is 1. The largest absolute Gasteiger partial charge is 0.401 e. The highest BCUT2D eigenvalue weighted by molar-refractivity contribution is 5.37. The molecule has 0 bridgehead atoms. The Kier molecular flexibility index (Phi) is 6.66. The van der Waals surface area contributed by atoms with E-state index in [1.54, 1.807) is 13.0 Å². The Hall–Kier alpha value is -1.58. The normalized spacial score (nSPS) is 11.4. The monoisotopic (exact) mass is 303 g/mol. The van der Waals surface area contributed by atoms with Crippen LogP contribution in [0.5, 0.6) is 0 Å². The van der Waals surface area contributed by atoms with E-state index in [1.807, 2.05) is 0 Å². The van der Waals surface area contributed by atoms with Crippen LogP contribution in [0.3, 0.4) is 0 Å². The lowest BCUT2D eigenvalue weighted by Gasteiger charge is -2.22. The van der Waals surface area contributed by atoms with Gasteiger partial charge in [-0.2, -0.15) is 13.2 Å². The summed E-state index contributed by atoms with van der Waals surface area (Å²) in [7, 11) is 0. The summed E-state index contributed by atoms with van der Waals surface area (Å²) in [6.45, 7) is 0.527. The molecule has 0 unspecified atom stereocenters. The van der Waals surface area contributed by atoms with Crippen molar-refractivity contribution in [1.82, 2.24) is 4.90 Å². The minimum atomic E-state index is -4.30. The zero-order chi connectivity index (χ0) is 15.9. The second kappa shape index (κ2) is 8.01. The quantitative estimate of drug-likeness (QED) is 0.668. The van der Waals surface area contributed by atoms with Gasteiger partial charge in [-0.3, -0.25) is 4.90 Å². The van der Waals surface area contributed by atoms with E-state index >= 15 is 0 Å². The highest BCUT2D eigenvalue weighted by Crippen LogP contribution is 2.19. The summed E-state index contributed by atoms with van der Waals surface area (Å²) in [5, 5.41) is 8.59. The highest BCUT2D eigenvalue weighted by Gasteiger charge is 2.30. The third-order valence-corrected chi connectivity index (χ3v) is 2.77. The van der Waals surface area contributed by atoms with Crippen LogP contribution in [0.2, 0.25) is 0 Å². The second-order valence-electron chi connectivity index (χ2n) is 4.50. The topological polar surface area (TPSA) is 23.5 Å². The van der Waals surface area contributed by atoms with Crippen LogP contribution in [0, 0.1) is 17.7 Å². The van der Waals surface area contributed by atoms with E-state index in [-0.39, 0.29) is 25.3 Å². The minimum Gasteiger partial charge on any atom is -0.395 e. The molecule has 0 aliphatic carbocycles. The van der Waals surface area contributed by atoms with Crippen LogP contribution in [0.15, 0.2) is 18.2 Å². The van der Waals surface area contributed by atoms with E-state index in [2.05, 4.69) is 11.8 Å². The molecule has 0 saturated carbocycles. The molecule has 116 valence electrons. The number of aliphatic hydroxyl groups is 1. The first-order valence-corrected chi connectivity index (χ1v) is 6.53. The maximum absolute atomic E-state index is 13.9. The van der Waals surface area contributed by atoms with E-state index in [0.29, 0.717) is 12.0 Å². The number of hydrogen-bond acceptors (Lipinski definition) is 2. The fraction of sp³-hybridized carbons (Fsp3) is 0.467. The molecule has 1 N–H and O–H groups in total. The first-order valence-electron chi connectivity index (χ1n) is 6.53. The Morgan fingerprint density at radius 1 is 1.29 bits per heavy atom. The summed E-state index contributed by atoms with van der Waals surface area (Å²) in [5.41, 5.74) is 0.636. The van der Waals surface area contributed by atoms with Gasteiger partial charge in [0.05, 0.1) is 13.2 Å². The molecule has 0 heterocycles. The average Bonchev–Trinajstić information content (AvgIpc) is 2.39. The number of halogens is 4. The van der Waals surface area contributed by atoms with Gasteiger partial charge in [0.1, 0.15) is 5.82 Å². The predicted octanol–water partition coefficient (Wildman–Crippen LogP) is 2.94. The predicted molar refractivity (Wildman–Crippen MR) is 72.0 cm³/mol. The van der Waals surface area contributed by atoms with Crippen LogP contribution in [-0.4, -0.2) is 35.9 Å². The number of rotatable bonds is 5. The zero-order valence-electron chi connectivity index (χ0n) is 11.7. The van der Waals surface area contributed by atoms with Crippen LogP contribution >= 0.6 is 0 Å². The van der Waals surface area contributed by atoms with Crippen LogP contribution in [0.1, 0.15) is 24.5 Å². The van der Waals surface area contributed by atoms with Crippen molar-refractivity contribution in [2.24, 2.45) is 0 Å². The van der Waals surface area contributed by atoms with Crippen molar-refractivity contribution in [3.8, 4) is 11.8 Å². The van der Waals surface area contributed by atoms with E-state index in [9.17, 15) is 17.6 Å². The second-order valence-corrected chi connectivity index (χ2v) is 4.50. The lowest BCUT2D eigenvalue weighted by Crippen LogP contribution is -2.33. The summed E-state index contributed by atoms with van der Waals surface area (Å²) in [5.74, 6) is 4.75. The Balaban J connectivity index is 2.78. The van der Waals surface area contributed by atoms with Crippen molar-refractivity contribution in [3.63, 3.8) is 0 Å². The van der Waals surface area contributed by atoms with Gasteiger partial charge in [0, 0.05) is 24.1 Å². The molecular weight excluding hydrogens is 286 g/mol. The van der Waals surface area contributed by atoms with Gasteiger partial charge in [-0.15, -0.1) is 0 Å². The van der Waals surface area contributed by atoms with E-state index < -0.39 is 18.5 Å². The van der Waals surface area contributed by atoms with Crippen LogP contribution in [0.4, 0.5) is 17.6 Å². The first kappa shape index (κ1) is 17.5. The minimum absolute atomic E-state index is 0.0729. The van der Waals surface area contributed by atoms with Crippen molar-refractivity contribution >= 4 is 0 Å². The SMILES string of the molecule is CCN(Cc1ccc(C#CCCO)cc1F)CC(F)(F)F. The third-order valence-electron chi connectivity index (χ3n) is 2.77. The molecule has 6 heteroatoms. The Morgan fingerprint density at radius 3 is 2.52 bits per heavy atom. The van der Waals surface area contributed by atoms with Gasteiger partial charge in [-0.05, 0) is 18.7 Å². The molecule has 0 saturated heterocycles. The van der Waals surface area contributed by atoms with Gasteiger partial charge >= 0.3 is 6.18 Å². The Bertz CT molecular complexity index is 517. The van der Waals surface area contributed by atoms with Crippen LogP contribution < -0.4 is 0 Å². The van der Waals surface area contributed by atoms with Crippen molar-refractivity contribution in [3.05, 3.63) is 35.1 Å². The molecule has 0 amide bonds. The summed E-state index contributed by atoms with van der Waals surface area (Å²) >= 11 is 0. The maximum Gasteiger partial charge on any atom is 0.401 e. The molecule has 0 atom stereocenters. The molecule has 0 fully saturated rings. The highest BCUT2D eigenvalue weighted by atomic mass is 19.4. The number of hydrogen-bond donors (Lipinski definition) is 1. The van der Waals surface area contributed by atoms with E-state index in [0.717, 1.165) is 4.90 Å². The first-order chi connectivity index (χ1) is 9.85. The lowest BCUT2D eigenvalue weighted by molar-refractivity contribution is -0.146. The van der Waals surface area contributed by atoms with Crippen molar-refractivity contribution in [2.45, 2.75) is 26.1 Å². The smallest absolute Gasteiger partial charge is 0.395 e. The summed E-state index contributed by atoms with van der Waals surface area (Å²) in [6.07, 6.45) is -4.01. The summed E-state index contributed by atoms with van der Waals surface area (Å²) in [4.78, 5) is 1.12. The number of alkyl halides is 3. The average molecular weight is 303 g/mol. The molecule has 0 aliphatic rings. The van der Waals surface area contributed by atoms with Gasteiger partial charge in [-0.25, -0.2) is 4.39 Å². The summed E-state index contributed by atoms with van der Waals surface area (Å²) < 4.78 is 50.9. The standard InChI is InChI=1S/C15H17F4NO/c1-2-20(11-15(17,18)19)10-13-7-6-12(9-14(13)16)5-3-4-8-21/h6-7,9,21H,2,4,8,10-11H2,1H3. The summed E-state index contributed by atoms with van der Waals surface area (Å²) in [6, 6.07) is 4.20. The van der Waals surface area contributed by atoms with Crippen molar-refractivity contribution < 1.29 is 22.7 Å². The maximum atomic E-state index is 13.9. The number of benzene rings is 1. The van der Waals surface area contributed by atoms with E-state index in [4.69, 9.17) is 5.11 Å². The van der Waals surface area contributed by atoms with Crippen LogP contribution in [0.25, 0.3) is 0 Å². The molecule has 0 aliphatic heterocycles. The zero-order valence-corrected chi connectivity index (χ0v) is 11.7. The molecule has 0 radical (unpaired) electrons. The van der Waals surface area contributed by atoms with Gasteiger partial charge < -0.3 is 5.11 Å². The Morgan fingerprint density at radius 2 is 2.00 bits per heavy atom. The van der Waals surface area contributed by atoms with Crippen molar-refractivity contribution in [1.29, 1.82) is 0 Å². The van der Waals surface area contributed by atoms with Gasteiger partial charge in [0.25, 0.3) is 0 Å². The molecule has 0 spiro atoms. The van der Waals surface area contributed by atoms with E-state index in [1.165, 1.54) is 12.1 Å². The van der Waals surface area contributed by atoms with Crippen LogP contribution in [-0.2, 0) is 6.54 Å². The molecule has 21 heavy (non-hydrogen) atoms. The molecule has 1 rings (SSSR count). The molecule has 1 aromatic rings. The van der Waals surface area contributed by atoms with Gasteiger partial charge in [0.2, 0.25) is 0 Å². The molecular formula is C15H17F4NO.